The largest absolute Gasteiger partial charge is 0.396 e. The smallest absolute Gasteiger partial charge is 0.269 e. The fourth-order valence-corrected chi connectivity index (χ4v) is 1.62. The monoisotopic (exact) mass is 232 g/mol. The van der Waals surface area contributed by atoms with Gasteiger partial charge in [-0.25, -0.2) is 4.68 Å². The molecule has 2 aromatic rings. The lowest BCUT2D eigenvalue weighted by molar-refractivity contribution is -0.384. The molecule has 17 heavy (non-hydrogen) atoms. The molecule has 0 aliphatic rings. The van der Waals surface area contributed by atoms with E-state index in [0.29, 0.717) is 5.69 Å². The highest BCUT2D eigenvalue weighted by Crippen LogP contribution is 2.21. The second-order valence-corrected chi connectivity index (χ2v) is 3.77. The van der Waals surface area contributed by atoms with E-state index in [1.807, 2.05) is 13.8 Å². The number of anilines is 1. The molecule has 0 saturated carbocycles. The van der Waals surface area contributed by atoms with E-state index in [4.69, 9.17) is 5.73 Å². The molecule has 0 fully saturated rings. The number of benzene rings is 1. The van der Waals surface area contributed by atoms with Crippen LogP contribution in [0, 0.1) is 24.0 Å². The van der Waals surface area contributed by atoms with Crippen molar-refractivity contribution in [1.82, 2.24) is 9.78 Å². The quantitative estimate of drug-likeness (QED) is 0.633. The van der Waals surface area contributed by atoms with E-state index in [-0.39, 0.29) is 5.69 Å². The standard InChI is InChI=1S/C11H12N4O2/c1-7-11(12)8(2)14(13-7)9-3-5-10(6-4-9)15(16)17/h3-6H,12H2,1-2H3. The van der Waals surface area contributed by atoms with E-state index < -0.39 is 4.92 Å². The molecule has 1 heterocycles. The third-order valence-electron chi connectivity index (χ3n) is 2.65. The lowest BCUT2D eigenvalue weighted by Gasteiger charge is -2.03. The van der Waals surface area contributed by atoms with Crippen molar-refractivity contribution in [2.24, 2.45) is 0 Å². The minimum absolute atomic E-state index is 0.0586. The van der Waals surface area contributed by atoms with Crippen LogP contribution in [0.3, 0.4) is 0 Å². The lowest BCUT2D eigenvalue weighted by atomic mass is 10.2. The van der Waals surface area contributed by atoms with Crippen molar-refractivity contribution in [3.05, 3.63) is 45.8 Å². The number of rotatable bonds is 2. The second-order valence-electron chi connectivity index (χ2n) is 3.77. The first-order chi connectivity index (χ1) is 8.00. The maximum Gasteiger partial charge on any atom is 0.269 e. The minimum Gasteiger partial charge on any atom is -0.396 e. The van der Waals surface area contributed by atoms with Gasteiger partial charge in [-0.2, -0.15) is 5.10 Å². The summed E-state index contributed by atoms with van der Waals surface area (Å²) < 4.78 is 1.67. The van der Waals surface area contributed by atoms with E-state index >= 15 is 0 Å². The summed E-state index contributed by atoms with van der Waals surface area (Å²) in [6.07, 6.45) is 0. The summed E-state index contributed by atoms with van der Waals surface area (Å²) in [6.45, 7) is 3.68. The molecule has 0 aliphatic carbocycles. The first kappa shape index (κ1) is 11.1. The molecule has 0 amide bonds. The molecule has 2 N–H and O–H groups in total. The Balaban J connectivity index is 2.47. The minimum atomic E-state index is -0.431. The number of nitro benzene ring substituents is 1. The molecule has 88 valence electrons. The summed E-state index contributed by atoms with van der Waals surface area (Å²) in [5.74, 6) is 0. The van der Waals surface area contributed by atoms with Crippen LogP contribution in [0.1, 0.15) is 11.4 Å². The fourth-order valence-electron chi connectivity index (χ4n) is 1.62. The van der Waals surface area contributed by atoms with E-state index in [1.54, 1.807) is 16.8 Å². The summed E-state index contributed by atoms with van der Waals surface area (Å²) >= 11 is 0. The first-order valence-electron chi connectivity index (χ1n) is 5.07. The van der Waals surface area contributed by atoms with E-state index in [2.05, 4.69) is 5.10 Å². The number of aromatic nitrogens is 2. The van der Waals surface area contributed by atoms with Gasteiger partial charge in [0.05, 0.1) is 27.7 Å². The van der Waals surface area contributed by atoms with Gasteiger partial charge in [0.1, 0.15) is 0 Å². The van der Waals surface area contributed by atoms with Gasteiger partial charge < -0.3 is 5.73 Å². The predicted octanol–water partition coefficient (Wildman–Crippen LogP) is 1.98. The highest BCUT2D eigenvalue weighted by molar-refractivity contribution is 5.51. The average molecular weight is 232 g/mol. The van der Waals surface area contributed by atoms with Crippen LogP contribution < -0.4 is 5.73 Å². The van der Waals surface area contributed by atoms with E-state index in [0.717, 1.165) is 17.1 Å². The van der Waals surface area contributed by atoms with Gasteiger partial charge >= 0.3 is 0 Å². The predicted molar refractivity (Wildman–Crippen MR) is 64.1 cm³/mol. The zero-order valence-electron chi connectivity index (χ0n) is 9.54. The van der Waals surface area contributed by atoms with E-state index in [9.17, 15) is 10.1 Å². The van der Waals surface area contributed by atoms with Crippen LogP contribution in [0.4, 0.5) is 11.4 Å². The van der Waals surface area contributed by atoms with Crippen LogP contribution in [0.5, 0.6) is 0 Å². The van der Waals surface area contributed by atoms with Crippen molar-refractivity contribution in [2.45, 2.75) is 13.8 Å². The maximum absolute atomic E-state index is 10.5. The van der Waals surface area contributed by atoms with Crippen molar-refractivity contribution >= 4 is 11.4 Å². The lowest BCUT2D eigenvalue weighted by Crippen LogP contribution is -1.99. The summed E-state index contributed by atoms with van der Waals surface area (Å²) in [5.41, 5.74) is 8.87. The number of nitro groups is 1. The van der Waals surface area contributed by atoms with Gasteiger partial charge in [-0.1, -0.05) is 0 Å². The summed E-state index contributed by atoms with van der Waals surface area (Å²) in [7, 11) is 0. The Kier molecular flexibility index (Phi) is 2.55. The van der Waals surface area contributed by atoms with Gasteiger partial charge in [0.2, 0.25) is 0 Å². The molecule has 0 unspecified atom stereocenters. The Morgan fingerprint density at radius 3 is 2.29 bits per heavy atom. The third-order valence-corrected chi connectivity index (χ3v) is 2.65. The maximum atomic E-state index is 10.5. The van der Waals surface area contributed by atoms with Crippen LogP contribution in [0.15, 0.2) is 24.3 Å². The van der Waals surface area contributed by atoms with Crippen molar-refractivity contribution in [3.63, 3.8) is 0 Å². The first-order valence-corrected chi connectivity index (χ1v) is 5.07. The molecule has 0 radical (unpaired) electrons. The molecule has 0 aliphatic heterocycles. The third kappa shape index (κ3) is 1.84. The Morgan fingerprint density at radius 2 is 1.88 bits per heavy atom. The molecule has 2 rings (SSSR count). The molecular weight excluding hydrogens is 220 g/mol. The summed E-state index contributed by atoms with van der Waals surface area (Å²) in [4.78, 5) is 10.1. The molecular formula is C11H12N4O2. The van der Waals surface area contributed by atoms with Crippen LogP contribution in [0.2, 0.25) is 0 Å². The Labute approximate surface area is 97.8 Å². The molecule has 0 spiro atoms. The van der Waals surface area contributed by atoms with Crippen molar-refractivity contribution in [2.75, 3.05) is 5.73 Å². The normalized spacial score (nSPS) is 10.5. The summed E-state index contributed by atoms with van der Waals surface area (Å²) in [5, 5.41) is 14.8. The molecule has 1 aromatic carbocycles. The fraction of sp³-hybridized carbons (Fsp3) is 0.182. The van der Waals surface area contributed by atoms with Gasteiger partial charge in [-0.15, -0.1) is 0 Å². The second kappa shape index (κ2) is 3.89. The zero-order valence-corrected chi connectivity index (χ0v) is 9.54. The van der Waals surface area contributed by atoms with Crippen molar-refractivity contribution in [3.8, 4) is 5.69 Å². The molecule has 0 bridgehead atoms. The van der Waals surface area contributed by atoms with Gasteiger partial charge in [0.25, 0.3) is 5.69 Å². The number of non-ortho nitro benzene ring substituents is 1. The number of hydrogen-bond donors (Lipinski definition) is 1. The topological polar surface area (TPSA) is 87.0 Å². The number of nitrogen functional groups attached to an aromatic ring is 1. The zero-order chi connectivity index (χ0) is 12.6. The van der Waals surface area contributed by atoms with Crippen molar-refractivity contribution < 1.29 is 4.92 Å². The number of hydrogen-bond acceptors (Lipinski definition) is 4. The van der Waals surface area contributed by atoms with Crippen LogP contribution in [-0.4, -0.2) is 14.7 Å². The van der Waals surface area contributed by atoms with Gasteiger partial charge in [0.15, 0.2) is 0 Å². The van der Waals surface area contributed by atoms with Crippen LogP contribution in [-0.2, 0) is 0 Å². The molecule has 6 heteroatoms. The molecule has 1 aromatic heterocycles. The number of aryl methyl sites for hydroxylation is 1. The average Bonchev–Trinajstić information content (AvgIpc) is 2.57. The number of nitrogens with zero attached hydrogens (tertiary/aromatic N) is 3. The Morgan fingerprint density at radius 1 is 1.29 bits per heavy atom. The Bertz CT molecular complexity index is 572. The number of nitrogens with two attached hydrogens (primary N) is 1. The summed E-state index contributed by atoms with van der Waals surface area (Å²) in [6, 6.07) is 6.19. The molecule has 0 atom stereocenters. The van der Waals surface area contributed by atoms with Gasteiger partial charge in [-0.3, -0.25) is 10.1 Å². The highest BCUT2D eigenvalue weighted by atomic mass is 16.6. The highest BCUT2D eigenvalue weighted by Gasteiger charge is 2.11. The van der Waals surface area contributed by atoms with Gasteiger partial charge in [0, 0.05) is 12.1 Å². The SMILES string of the molecule is Cc1nn(-c2ccc([N+](=O)[O-])cc2)c(C)c1N. The van der Waals surface area contributed by atoms with Crippen molar-refractivity contribution in [1.29, 1.82) is 0 Å². The van der Waals surface area contributed by atoms with E-state index in [1.165, 1.54) is 12.1 Å². The van der Waals surface area contributed by atoms with Gasteiger partial charge in [-0.05, 0) is 26.0 Å². The van der Waals surface area contributed by atoms with Crippen LogP contribution in [0.25, 0.3) is 5.69 Å². The Hall–Kier alpha value is -2.37. The van der Waals surface area contributed by atoms with Crippen LogP contribution >= 0.6 is 0 Å². The molecule has 6 nitrogen and oxygen atoms in total. The molecule has 0 saturated heterocycles.